The van der Waals surface area contributed by atoms with E-state index in [1.54, 1.807) is 12.3 Å². The van der Waals surface area contributed by atoms with Gasteiger partial charge in [0.25, 0.3) is 0 Å². The Morgan fingerprint density at radius 1 is 1.11 bits per heavy atom. The summed E-state index contributed by atoms with van der Waals surface area (Å²) in [5.74, 6) is -0.917. The number of carboxylic acid groups (broad SMARTS) is 1. The largest absolute Gasteiger partial charge is 0.478 e. The van der Waals surface area contributed by atoms with Crippen molar-refractivity contribution < 1.29 is 15.0 Å². The molecule has 100 valence electrons. The summed E-state index contributed by atoms with van der Waals surface area (Å²) in [5, 5.41) is 18.2. The minimum Gasteiger partial charge on any atom is -0.478 e. The van der Waals surface area contributed by atoms with Gasteiger partial charge < -0.3 is 14.8 Å². The third-order valence-electron chi connectivity index (χ3n) is 3.14. The Morgan fingerprint density at radius 3 is 2.47 bits per heavy atom. The van der Waals surface area contributed by atoms with Crippen molar-refractivity contribution in [2.24, 2.45) is 0 Å². The Morgan fingerprint density at radius 2 is 1.84 bits per heavy atom. The average Bonchev–Trinajstić information content (AvgIpc) is 2.81. The lowest BCUT2D eigenvalue weighted by atomic mass is 10.1. The number of carbonyl (C=O) groups is 1. The van der Waals surface area contributed by atoms with Crippen LogP contribution in [0.5, 0.6) is 0 Å². The Hall–Kier alpha value is -2.07. The Kier molecular flexibility index (Phi) is 4.36. The Bertz CT molecular complexity index is 546. The molecule has 0 fully saturated rings. The van der Waals surface area contributed by atoms with E-state index in [4.69, 9.17) is 10.2 Å². The van der Waals surface area contributed by atoms with Gasteiger partial charge in [0, 0.05) is 18.4 Å². The van der Waals surface area contributed by atoms with Crippen molar-refractivity contribution in [2.45, 2.75) is 19.4 Å². The fraction of sp³-hybridized carbons (Fsp3) is 0.267. The molecule has 2 rings (SSSR count). The highest BCUT2D eigenvalue weighted by atomic mass is 16.4. The van der Waals surface area contributed by atoms with E-state index in [1.807, 2.05) is 34.9 Å². The highest BCUT2D eigenvalue weighted by molar-refractivity contribution is 5.89. The molecule has 0 aliphatic heterocycles. The molecule has 2 N–H and O–H groups in total. The van der Waals surface area contributed by atoms with Crippen molar-refractivity contribution in [1.82, 2.24) is 4.57 Å². The summed E-state index contributed by atoms with van der Waals surface area (Å²) in [5.41, 5.74) is 2.27. The lowest BCUT2D eigenvalue weighted by Gasteiger charge is -2.09. The predicted octanol–water partition coefficient (Wildman–Crippen LogP) is 1.96. The van der Waals surface area contributed by atoms with Crippen LogP contribution < -0.4 is 0 Å². The van der Waals surface area contributed by atoms with Crippen molar-refractivity contribution in [1.29, 1.82) is 0 Å². The first-order chi connectivity index (χ1) is 9.22. The molecule has 4 nitrogen and oxygen atoms in total. The molecule has 0 spiro atoms. The molecule has 0 saturated heterocycles. The van der Waals surface area contributed by atoms with Crippen molar-refractivity contribution in [2.75, 3.05) is 6.61 Å². The van der Waals surface area contributed by atoms with Gasteiger partial charge in [-0.25, -0.2) is 4.79 Å². The maximum Gasteiger partial charge on any atom is 0.337 e. The highest BCUT2D eigenvalue weighted by Gasteiger charge is 2.14. The molecule has 0 radical (unpaired) electrons. The van der Waals surface area contributed by atoms with Crippen molar-refractivity contribution in [3.8, 4) is 0 Å². The number of hydrogen-bond donors (Lipinski definition) is 2. The number of hydrogen-bond acceptors (Lipinski definition) is 2. The first kappa shape index (κ1) is 13.4. The molecule has 1 aromatic carbocycles. The van der Waals surface area contributed by atoms with Crippen LogP contribution >= 0.6 is 0 Å². The zero-order valence-electron chi connectivity index (χ0n) is 10.6. The molecule has 0 bridgehead atoms. The topological polar surface area (TPSA) is 62.5 Å². The van der Waals surface area contributed by atoms with Crippen LogP contribution in [0.2, 0.25) is 0 Å². The summed E-state index contributed by atoms with van der Waals surface area (Å²) in [6.07, 6.45) is 3.16. The molecule has 1 aromatic heterocycles. The fourth-order valence-corrected chi connectivity index (χ4v) is 2.20. The number of benzene rings is 1. The number of nitrogens with zero attached hydrogens (tertiary/aromatic N) is 1. The van der Waals surface area contributed by atoms with Crippen LogP contribution in [0.4, 0.5) is 0 Å². The average molecular weight is 259 g/mol. The van der Waals surface area contributed by atoms with Gasteiger partial charge in [0.1, 0.15) is 0 Å². The quantitative estimate of drug-likeness (QED) is 0.833. The van der Waals surface area contributed by atoms with Crippen LogP contribution in [0, 0.1) is 0 Å². The zero-order valence-corrected chi connectivity index (χ0v) is 10.6. The number of aliphatic hydroxyl groups is 1. The second-order valence-corrected chi connectivity index (χ2v) is 4.38. The minimum atomic E-state index is -0.917. The maximum absolute atomic E-state index is 11.2. The predicted molar refractivity (Wildman–Crippen MR) is 72.3 cm³/mol. The second-order valence-electron chi connectivity index (χ2n) is 4.38. The third kappa shape index (κ3) is 3.23. The molecule has 0 atom stereocenters. The minimum absolute atomic E-state index is 0.00603. The first-order valence-corrected chi connectivity index (χ1v) is 6.28. The molecule has 19 heavy (non-hydrogen) atoms. The van der Waals surface area contributed by atoms with Gasteiger partial charge in [0.2, 0.25) is 0 Å². The van der Waals surface area contributed by atoms with Crippen molar-refractivity contribution in [3.05, 3.63) is 59.4 Å². The standard InChI is InChI=1S/C15H17NO3/c17-11-10-16-9-8-13(15(18)19)14(16)7-6-12-4-2-1-3-5-12/h1-5,8-9,17H,6-7,10-11H2,(H,18,19). The van der Waals surface area contributed by atoms with Crippen LogP contribution in [0.3, 0.4) is 0 Å². The molecular weight excluding hydrogens is 242 g/mol. The first-order valence-electron chi connectivity index (χ1n) is 6.28. The van der Waals surface area contributed by atoms with E-state index >= 15 is 0 Å². The third-order valence-corrected chi connectivity index (χ3v) is 3.14. The molecule has 4 heteroatoms. The van der Waals surface area contributed by atoms with Gasteiger partial charge in [-0.2, -0.15) is 0 Å². The van der Waals surface area contributed by atoms with E-state index in [2.05, 4.69) is 0 Å². The van der Waals surface area contributed by atoms with E-state index in [0.717, 1.165) is 12.1 Å². The fourth-order valence-electron chi connectivity index (χ4n) is 2.20. The lowest BCUT2D eigenvalue weighted by molar-refractivity contribution is 0.0695. The molecule has 0 saturated carbocycles. The van der Waals surface area contributed by atoms with Crippen LogP contribution in [0.1, 0.15) is 21.6 Å². The van der Waals surface area contributed by atoms with Crippen LogP contribution in [0.25, 0.3) is 0 Å². The van der Waals surface area contributed by atoms with E-state index in [9.17, 15) is 4.79 Å². The van der Waals surface area contributed by atoms with Gasteiger partial charge in [0.05, 0.1) is 12.2 Å². The Labute approximate surface area is 111 Å². The molecule has 0 aliphatic rings. The number of aromatic nitrogens is 1. The molecule has 0 aliphatic carbocycles. The summed E-state index contributed by atoms with van der Waals surface area (Å²) >= 11 is 0. The maximum atomic E-state index is 11.2. The second kappa shape index (κ2) is 6.20. The van der Waals surface area contributed by atoms with Gasteiger partial charge in [-0.05, 0) is 24.5 Å². The molecule has 2 aromatic rings. The Balaban J connectivity index is 2.17. The van der Waals surface area contributed by atoms with Gasteiger partial charge >= 0.3 is 5.97 Å². The highest BCUT2D eigenvalue weighted by Crippen LogP contribution is 2.15. The summed E-state index contributed by atoms with van der Waals surface area (Å²) in [6.45, 7) is 0.434. The van der Waals surface area contributed by atoms with E-state index < -0.39 is 5.97 Å². The van der Waals surface area contributed by atoms with Gasteiger partial charge in [0.15, 0.2) is 0 Å². The summed E-state index contributed by atoms with van der Waals surface area (Å²) in [6, 6.07) is 11.6. The number of aromatic carboxylic acids is 1. The van der Waals surface area contributed by atoms with Gasteiger partial charge in [-0.15, -0.1) is 0 Å². The summed E-state index contributed by atoms with van der Waals surface area (Å²) in [7, 11) is 0. The molecular formula is C15H17NO3. The van der Waals surface area contributed by atoms with E-state index in [0.29, 0.717) is 18.5 Å². The summed E-state index contributed by atoms with van der Waals surface area (Å²) < 4.78 is 1.81. The van der Waals surface area contributed by atoms with Gasteiger partial charge in [-0.3, -0.25) is 0 Å². The number of rotatable bonds is 6. The van der Waals surface area contributed by atoms with Crippen LogP contribution in [0.15, 0.2) is 42.6 Å². The summed E-state index contributed by atoms with van der Waals surface area (Å²) in [4.78, 5) is 11.2. The van der Waals surface area contributed by atoms with Crippen LogP contribution in [-0.2, 0) is 19.4 Å². The molecule has 1 heterocycles. The van der Waals surface area contributed by atoms with Gasteiger partial charge in [-0.1, -0.05) is 30.3 Å². The SMILES string of the molecule is O=C(O)c1ccn(CCO)c1CCc1ccccc1. The normalized spacial score (nSPS) is 10.6. The monoisotopic (exact) mass is 259 g/mol. The number of aliphatic hydroxyl groups excluding tert-OH is 1. The van der Waals surface area contributed by atoms with Crippen molar-refractivity contribution >= 4 is 5.97 Å². The van der Waals surface area contributed by atoms with Crippen LogP contribution in [-0.4, -0.2) is 27.4 Å². The zero-order chi connectivity index (χ0) is 13.7. The smallest absolute Gasteiger partial charge is 0.337 e. The van der Waals surface area contributed by atoms with Crippen molar-refractivity contribution in [3.63, 3.8) is 0 Å². The van der Waals surface area contributed by atoms with E-state index in [-0.39, 0.29) is 6.61 Å². The molecule has 0 amide bonds. The number of aryl methyl sites for hydroxylation is 1. The lowest BCUT2D eigenvalue weighted by Crippen LogP contribution is -2.10. The van der Waals surface area contributed by atoms with E-state index in [1.165, 1.54) is 5.56 Å². The number of carboxylic acids is 1. The molecule has 0 unspecified atom stereocenters.